The largest absolute Gasteiger partial charge is 0.496 e. The van der Waals surface area contributed by atoms with Crippen molar-refractivity contribution >= 4 is 11.1 Å². The van der Waals surface area contributed by atoms with Crippen LogP contribution in [0.25, 0.3) is 33.7 Å². The number of rotatable bonds is 3. The molecule has 0 radical (unpaired) electrons. The Bertz CT molecular complexity index is 1120. The average Bonchev–Trinajstić information content (AvgIpc) is 3.04. The second kappa shape index (κ2) is 6.50. The molecule has 1 heterocycles. The smallest absolute Gasteiger partial charge is 0.227 e. The number of nitrogens with zero attached hydrogens (tertiary/aromatic N) is 1. The van der Waals surface area contributed by atoms with Gasteiger partial charge in [-0.05, 0) is 72.5 Å². The molecule has 4 aromatic rings. The summed E-state index contributed by atoms with van der Waals surface area (Å²) in [4.78, 5) is 4.34. The summed E-state index contributed by atoms with van der Waals surface area (Å²) in [5.74, 6) is -0.285. The third-order valence-electron chi connectivity index (χ3n) is 4.50. The van der Waals surface area contributed by atoms with Crippen LogP contribution in [0.4, 0.5) is 8.78 Å². The molecular weight excluding hydrogens is 348 g/mol. The molecule has 0 aliphatic heterocycles. The van der Waals surface area contributed by atoms with Gasteiger partial charge in [-0.1, -0.05) is 6.07 Å². The zero-order chi connectivity index (χ0) is 19.1. The highest BCUT2D eigenvalue weighted by Crippen LogP contribution is 2.33. The van der Waals surface area contributed by atoms with Crippen LogP contribution in [-0.2, 0) is 0 Å². The van der Waals surface area contributed by atoms with Crippen molar-refractivity contribution in [2.45, 2.75) is 13.8 Å². The standard InChI is InChI=1S/C22H17F2NO2/c1-12-6-15(7-13(2)21(12)26-3)14-4-5-19-20(10-14)27-22(25-19)16-8-17(23)11-18(24)9-16/h4-11H,1-3H3. The Morgan fingerprint density at radius 3 is 2.11 bits per heavy atom. The third kappa shape index (κ3) is 3.16. The van der Waals surface area contributed by atoms with Gasteiger partial charge in [0.25, 0.3) is 0 Å². The van der Waals surface area contributed by atoms with E-state index in [1.54, 1.807) is 7.11 Å². The summed E-state index contributed by atoms with van der Waals surface area (Å²) in [6, 6.07) is 13.0. The lowest BCUT2D eigenvalue weighted by Gasteiger charge is -2.11. The average molecular weight is 365 g/mol. The monoisotopic (exact) mass is 365 g/mol. The molecule has 27 heavy (non-hydrogen) atoms. The maximum absolute atomic E-state index is 13.5. The van der Waals surface area contributed by atoms with Crippen LogP contribution in [0.2, 0.25) is 0 Å². The first-order valence-electron chi connectivity index (χ1n) is 8.47. The van der Waals surface area contributed by atoms with E-state index in [1.807, 2.05) is 44.2 Å². The number of methoxy groups -OCH3 is 1. The molecule has 0 aliphatic carbocycles. The summed E-state index contributed by atoms with van der Waals surface area (Å²) in [6.45, 7) is 4.00. The van der Waals surface area contributed by atoms with Crippen LogP contribution < -0.4 is 4.74 Å². The van der Waals surface area contributed by atoms with E-state index in [9.17, 15) is 8.78 Å². The lowest BCUT2D eigenvalue weighted by Crippen LogP contribution is -1.92. The molecular formula is C22H17F2NO2. The van der Waals surface area contributed by atoms with Gasteiger partial charge in [0.1, 0.15) is 22.9 Å². The summed E-state index contributed by atoms with van der Waals surface area (Å²) in [5.41, 5.74) is 5.52. The quantitative estimate of drug-likeness (QED) is 0.442. The van der Waals surface area contributed by atoms with Gasteiger partial charge >= 0.3 is 0 Å². The van der Waals surface area contributed by atoms with Crippen molar-refractivity contribution in [1.82, 2.24) is 4.98 Å². The molecule has 3 nitrogen and oxygen atoms in total. The summed E-state index contributed by atoms with van der Waals surface area (Å²) < 4.78 is 38.1. The van der Waals surface area contributed by atoms with Crippen LogP contribution >= 0.6 is 0 Å². The van der Waals surface area contributed by atoms with E-state index in [0.29, 0.717) is 11.1 Å². The second-order valence-corrected chi connectivity index (χ2v) is 6.50. The lowest BCUT2D eigenvalue weighted by atomic mass is 9.99. The van der Waals surface area contributed by atoms with E-state index in [4.69, 9.17) is 9.15 Å². The molecule has 4 rings (SSSR count). The maximum atomic E-state index is 13.5. The summed E-state index contributed by atoms with van der Waals surface area (Å²) in [5, 5.41) is 0. The highest BCUT2D eigenvalue weighted by molar-refractivity contribution is 5.82. The van der Waals surface area contributed by atoms with Crippen LogP contribution in [0.3, 0.4) is 0 Å². The minimum absolute atomic E-state index is 0.183. The van der Waals surface area contributed by atoms with E-state index in [-0.39, 0.29) is 11.5 Å². The predicted octanol–water partition coefficient (Wildman–Crippen LogP) is 6.07. The van der Waals surface area contributed by atoms with Gasteiger partial charge in [0, 0.05) is 11.6 Å². The van der Waals surface area contributed by atoms with E-state index in [2.05, 4.69) is 4.98 Å². The zero-order valence-electron chi connectivity index (χ0n) is 15.1. The van der Waals surface area contributed by atoms with Crippen molar-refractivity contribution in [2.75, 3.05) is 7.11 Å². The highest BCUT2D eigenvalue weighted by Gasteiger charge is 2.13. The Balaban J connectivity index is 1.79. The van der Waals surface area contributed by atoms with Crippen molar-refractivity contribution in [3.63, 3.8) is 0 Å². The van der Waals surface area contributed by atoms with Crippen molar-refractivity contribution < 1.29 is 17.9 Å². The Hall–Kier alpha value is -3.21. The first-order chi connectivity index (χ1) is 12.9. The van der Waals surface area contributed by atoms with Crippen LogP contribution in [0.5, 0.6) is 5.75 Å². The number of aromatic nitrogens is 1. The molecule has 0 saturated carbocycles. The van der Waals surface area contributed by atoms with Crippen LogP contribution in [0.1, 0.15) is 11.1 Å². The van der Waals surface area contributed by atoms with Crippen LogP contribution in [0.15, 0.2) is 52.9 Å². The fourth-order valence-electron chi connectivity index (χ4n) is 3.34. The molecule has 3 aromatic carbocycles. The number of hydrogen-bond donors (Lipinski definition) is 0. The first-order valence-corrected chi connectivity index (χ1v) is 8.47. The fraction of sp³-hybridized carbons (Fsp3) is 0.136. The molecule has 0 N–H and O–H groups in total. The molecule has 136 valence electrons. The summed E-state index contributed by atoms with van der Waals surface area (Å²) in [6.07, 6.45) is 0. The van der Waals surface area contributed by atoms with Gasteiger partial charge in [-0.15, -0.1) is 0 Å². The molecule has 0 aliphatic rings. The van der Waals surface area contributed by atoms with E-state index in [1.165, 1.54) is 12.1 Å². The molecule has 0 saturated heterocycles. The van der Waals surface area contributed by atoms with Gasteiger partial charge in [-0.2, -0.15) is 0 Å². The molecule has 0 amide bonds. The molecule has 1 aromatic heterocycles. The molecule has 0 spiro atoms. The topological polar surface area (TPSA) is 35.3 Å². The second-order valence-electron chi connectivity index (χ2n) is 6.50. The van der Waals surface area contributed by atoms with Gasteiger partial charge in [-0.25, -0.2) is 13.8 Å². The number of halogens is 2. The summed E-state index contributed by atoms with van der Waals surface area (Å²) in [7, 11) is 1.66. The van der Waals surface area contributed by atoms with Gasteiger partial charge in [0.2, 0.25) is 5.89 Å². The van der Waals surface area contributed by atoms with Gasteiger partial charge in [-0.3, -0.25) is 0 Å². The van der Waals surface area contributed by atoms with E-state index >= 15 is 0 Å². The number of oxazole rings is 1. The minimum Gasteiger partial charge on any atom is -0.496 e. The van der Waals surface area contributed by atoms with E-state index < -0.39 is 11.6 Å². The van der Waals surface area contributed by atoms with Gasteiger partial charge in [0.05, 0.1) is 7.11 Å². The fourth-order valence-corrected chi connectivity index (χ4v) is 3.34. The predicted molar refractivity (Wildman–Crippen MR) is 101 cm³/mol. The number of aryl methyl sites for hydroxylation is 2. The normalized spacial score (nSPS) is 11.1. The Kier molecular flexibility index (Phi) is 4.15. The zero-order valence-corrected chi connectivity index (χ0v) is 15.1. The van der Waals surface area contributed by atoms with Crippen LogP contribution in [0, 0.1) is 25.5 Å². The first kappa shape index (κ1) is 17.2. The molecule has 5 heteroatoms. The Labute approximate surface area is 155 Å². The van der Waals surface area contributed by atoms with Crippen molar-refractivity contribution in [1.29, 1.82) is 0 Å². The lowest BCUT2D eigenvalue weighted by molar-refractivity contribution is 0.408. The SMILES string of the molecule is COc1c(C)cc(-c2ccc3nc(-c4cc(F)cc(F)c4)oc3c2)cc1C. The Morgan fingerprint density at radius 2 is 1.48 bits per heavy atom. The molecule has 0 atom stereocenters. The van der Waals surface area contributed by atoms with Crippen molar-refractivity contribution in [2.24, 2.45) is 0 Å². The van der Waals surface area contributed by atoms with Crippen LogP contribution in [-0.4, -0.2) is 12.1 Å². The minimum atomic E-state index is -0.669. The number of fused-ring (bicyclic) bond motifs is 1. The number of hydrogen-bond acceptors (Lipinski definition) is 3. The number of ether oxygens (including phenoxy) is 1. The van der Waals surface area contributed by atoms with Crippen molar-refractivity contribution in [3.8, 4) is 28.3 Å². The molecule has 0 fully saturated rings. The maximum Gasteiger partial charge on any atom is 0.227 e. The summed E-state index contributed by atoms with van der Waals surface area (Å²) >= 11 is 0. The van der Waals surface area contributed by atoms with E-state index in [0.717, 1.165) is 34.1 Å². The highest BCUT2D eigenvalue weighted by atomic mass is 19.1. The molecule has 0 unspecified atom stereocenters. The van der Waals surface area contributed by atoms with Crippen molar-refractivity contribution in [3.05, 3.63) is 71.3 Å². The third-order valence-corrected chi connectivity index (χ3v) is 4.50. The number of benzene rings is 3. The molecule has 0 bridgehead atoms. The Morgan fingerprint density at radius 1 is 0.815 bits per heavy atom. The van der Waals surface area contributed by atoms with Gasteiger partial charge in [0.15, 0.2) is 5.58 Å². The van der Waals surface area contributed by atoms with Gasteiger partial charge < -0.3 is 9.15 Å².